The molecule has 90 valence electrons. The minimum Gasteiger partial charge on any atom is -0.364 e. The highest BCUT2D eigenvalue weighted by Crippen LogP contribution is 2.37. The fourth-order valence-electron chi connectivity index (χ4n) is 2.74. The van der Waals surface area contributed by atoms with Gasteiger partial charge in [-0.25, -0.2) is 0 Å². The topological polar surface area (TPSA) is 39.1 Å². The third-order valence-corrected chi connectivity index (χ3v) is 3.58. The second-order valence-electron chi connectivity index (χ2n) is 4.54. The molecule has 2 aromatic rings. The first-order valence-corrected chi connectivity index (χ1v) is 5.70. The molecule has 4 rings (SSSR count). The quantitative estimate of drug-likeness (QED) is 0.767. The van der Waals surface area contributed by atoms with Crippen LogP contribution in [0.15, 0.2) is 24.3 Å². The van der Waals surface area contributed by atoms with Gasteiger partial charge in [-0.2, -0.15) is 5.10 Å². The van der Waals surface area contributed by atoms with E-state index in [4.69, 9.17) is 4.74 Å². The molecule has 17 heavy (non-hydrogen) atoms. The average Bonchev–Trinajstić information content (AvgIpc) is 2.65. The summed E-state index contributed by atoms with van der Waals surface area (Å²) < 4.78 is 8.09. The summed E-state index contributed by atoms with van der Waals surface area (Å²) in [5.41, 5.74) is 2.22. The third kappa shape index (κ3) is 1.35. The van der Waals surface area contributed by atoms with E-state index >= 15 is 0 Å². The van der Waals surface area contributed by atoms with Crippen LogP contribution in [0.25, 0.3) is 10.9 Å². The van der Waals surface area contributed by atoms with Crippen LogP contribution in [0, 0.1) is 0 Å². The second kappa shape index (κ2) is 3.70. The van der Waals surface area contributed by atoms with Crippen molar-refractivity contribution >= 4 is 23.3 Å². The zero-order chi connectivity index (χ0) is 10.6. The van der Waals surface area contributed by atoms with Gasteiger partial charge in [0, 0.05) is 18.5 Å². The largest absolute Gasteiger partial charge is 0.364 e. The molecule has 2 aliphatic rings. The van der Waals surface area contributed by atoms with E-state index in [0.717, 1.165) is 31.8 Å². The fourth-order valence-corrected chi connectivity index (χ4v) is 2.74. The van der Waals surface area contributed by atoms with Crippen molar-refractivity contribution < 1.29 is 4.74 Å². The first-order valence-electron chi connectivity index (χ1n) is 5.70. The van der Waals surface area contributed by atoms with Crippen molar-refractivity contribution in [2.24, 2.45) is 0 Å². The number of rotatable bonds is 0. The molecule has 2 aliphatic heterocycles. The molecule has 5 heteroatoms. The molecule has 1 spiro atoms. The molecule has 1 aromatic carbocycles. The van der Waals surface area contributed by atoms with E-state index in [0.29, 0.717) is 0 Å². The normalized spacial score (nSPS) is 20.7. The standard InChI is InChI=1S/C12H13N3O.ClH/c1-2-4-10-9(3-1)11-12(7-13-8-12)16-6-5-15(11)14-10;/h1-4,13H,5-8H2;1H. The molecule has 1 saturated heterocycles. The number of nitrogens with zero attached hydrogens (tertiary/aromatic N) is 2. The minimum absolute atomic E-state index is 0. The minimum atomic E-state index is -0.117. The molecular formula is C12H14ClN3O. The van der Waals surface area contributed by atoms with Gasteiger partial charge in [-0.15, -0.1) is 12.4 Å². The fraction of sp³-hybridized carbons (Fsp3) is 0.417. The van der Waals surface area contributed by atoms with Gasteiger partial charge in [0.2, 0.25) is 0 Å². The van der Waals surface area contributed by atoms with Gasteiger partial charge in [0.05, 0.1) is 24.4 Å². The molecule has 0 amide bonds. The van der Waals surface area contributed by atoms with Crippen molar-refractivity contribution in [3.63, 3.8) is 0 Å². The van der Waals surface area contributed by atoms with E-state index in [1.54, 1.807) is 0 Å². The number of nitrogens with one attached hydrogen (secondary N) is 1. The molecule has 0 radical (unpaired) electrons. The predicted molar refractivity (Wildman–Crippen MR) is 67.5 cm³/mol. The Morgan fingerprint density at radius 1 is 1.29 bits per heavy atom. The smallest absolute Gasteiger partial charge is 0.135 e. The van der Waals surface area contributed by atoms with Crippen LogP contribution in [0.4, 0.5) is 0 Å². The van der Waals surface area contributed by atoms with Crippen LogP contribution in [-0.2, 0) is 16.9 Å². The van der Waals surface area contributed by atoms with Gasteiger partial charge in [-0.3, -0.25) is 4.68 Å². The highest BCUT2D eigenvalue weighted by Gasteiger charge is 2.45. The van der Waals surface area contributed by atoms with Crippen LogP contribution >= 0.6 is 12.4 Å². The zero-order valence-electron chi connectivity index (χ0n) is 9.35. The van der Waals surface area contributed by atoms with E-state index in [9.17, 15) is 0 Å². The third-order valence-electron chi connectivity index (χ3n) is 3.58. The average molecular weight is 252 g/mol. The lowest BCUT2D eigenvalue weighted by Crippen LogP contribution is -2.61. The maximum absolute atomic E-state index is 5.97. The van der Waals surface area contributed by atoms with Crippen molar-refractivity contribution in [2.75, 3.05) is 19.7 Å². The Bertz CT molecular complexity index is 562. The summed E-state index contributed by atoms with van der Waals surface area (Å²) in [6.45, 7) is 3.44. The van der Waals surface area contributed by atoms with Crippen molar-refractivity contribution in [1.29, 1.82) is 0 Å². The van der Waals surface area contributed by atoms with E-state index in [1.807, 2.05) is 6.07 Å². The highest BCUT2D eigenvalue weighted by atomic mass is 35.5. The maximum atomic E-state index is 5.97. The predicted octanol–water partition coefficient (Wildman–Crippen LogP) is 1.29. The molecule has 0 atom stereocenters. The molecule has 0 aliphatic carbocycles. The van der Waals surface area contributed by atoms with E-state index < -0.39 is 0 Å². The number of fused-ring (bicyclic) bond motifs is 4. The second-order valence-corrected chi connectivity index (χ2v) is 4.54. The Hall–Kier alpha value is -1.10. The van der Waals surface area contributed by atoms with E-state index in [-0.39, 0.29) is 18.0 Å². The van der Waals surface area contributed by atoms with Gasteiger partial charge in [0.15, 0.2) is 0 Å². The van der Waals surface area contributed by atoms with E-state index in [1.165, 1.54) is 11.1 Å². The first-order chi connectivity index (χ1) is 7.89. The Morgan fingerprint density at radius 3 is 2.88 bits per heavy atom. The molecular weight excluding hydrogens is 238 g/mol. The Kier molecular flexibility index (Phi) is 2.40. The summed E-state index contributed by atoms with van der Waals surface area (Å²) in [7, 11) is 0. The lowest BCUT2D eigenvalue weighted by Gasteiger charge is -2.45. The summed E-state index contributed by atoms with van der Waals surface area (Å²) in [6, 6.07) is 8.32. The van der Waals surface area contributed by atoms with Gasteiger partial charge >= 0.3 is 0 Å². The van der Waals surface area contributed by atoms with Gasteiger partial charge < -0.3 is 10.1 Å². The van der Waals surface area contributed by atoms with Crippen LogP contribution in [-0.4, -0.2) is 29.5 Å². The molecule has 4 nitrogen and oxygen atoms in total. The first kappa shape index (κ1) is 11.0. The SMILES string of the molecule is Cl.c1ccc2c3n(nc2c1)CCOC31CNC1. The number of aromatic nitrogens is 2. The lowest BCUT2D eigenvalue weighted by atomic mass is 9.89. The lowest BCUT2D eigenvalue weighted by molar-refractivity contribution is -0.111. The summed E-state index contributed by atoms with van der Waals surface area (Å²) in [4.78, 5) is 0. The molecule has 0 unspecified atom stereocenters. The Morgan fingerprint density at radius 2 is 2.12 bits per heavy atom. The zero-order valence-corrected chi connectivity index (χ0v) is 10.2. The highest BCUT2D eigenvalue weighted by molar-refractivity contribution is 5.85. The maximum Gasteiger partial charge on any atom is 0.135 e. The van der Waals surface area contributed by atoms with Gasteiger partial charge in [0.25, 0.3) is 0 Å². The van der Waals surface area contributed by atoms with Crippen molar-refractivity contribution in [3.05, 3.63) is 30.0 Å². The molecule has 1 fully saturated rings. The molecule has 0 saturated carbocycles. The van der Waals surface area contributed by atoms with Gasteiger partial charge in [0.1, 0.15) is 5.60 Å². The number of hydrogen-bond donors (Lipinski definition) is 1. The number of benzene rings is 1. The summed E-state index contributed by atoms with van der Waals surface area (Å²) in [5, 5.41) is 9.18. The Balaban J connectivity index is 0.000000902. The monoisotopic (exact) mass is 251 g/mol. The molecule has 0 bridgehead atoms. The van der Waals surface area contributed by atoms with Crippen LogP contribution in [0.1, 0.15) is 5.69 Å². The van der Waals surface area contributed by atoms with Crippen LogP contribution in [0.5, 0.6) is 0 Å². The number of hydrogen-bond acceptors (Lipinski definition) is 3. The molecule has 3 heterocycles. The summed E-state index contributed by atoms with van der Waals surface area (Å²) in [5.74, 6) is 0. The van der Waals surface area contributed by atoms with Crippen LogP contribution in [0.2, 0.25) is 0 Å². The number of halogens is 1. The van der Waals surface area contributed by atoms with Gasteiger partial charge in [-0.05, 0) is 6.07 Å². The van der Waals surface area contributed by atoms with Crippen molar-refractivity contribution in [2.45, 2.75) is 12.1 Å². The number of ether oxygens (including phenoxy) is 1. The van der Waals surface area contributed by atoms with Crippen molar-refractivity contribution in [3.8, 4) is 0 Å². The summed E-state index contributed by atoms with van der Waals surface area (Å²) >= 11 is 0. The van der Waals surface area contributed by atoms with Gasteiger partial charge in [-0.1, -0.05) is 18.2 Å². The molecule has 1 aromatic heterocycles. The van der Waals surface area contributed by atoms with Crippen LogP contribution < -0.4 is 5.32 Å². The Labute approximate surface area is 105 Å². The summed E-state index contributed by atoms with van der Waals surface area (Å²) in [6.07, 6.45) is 0. The van der Waals surface area contributed by atoms with E-state index in [2.05, 4.69) is 33.3 Å². The van der Waals surface area contributed by atoms with Crippen LogP contribution in [0.3, 0.4) is 0 Å². The van der Waals surface area contributed by atoms with Crippen molar-refractivity contribution in [1.82, 2.24) is 15.1 Å². The molecule has 1 N–H and O–H groups in total.